The van der Waals surface area contributed by atoms with Crippen LogP contribution in [0.15, 0.2) is 168 Å². The average molecular weight is 654 g/mol. The molecule has 0 fully saturated rings. The van der Waals surface area contributed by atoms with Crippen LogP contribution < -0.4 is 0 Å². The number of aromatic nitrogens is 4. The van der Waals surface area contributed by atoms with Gasteiger partial charge in [0.05, 0.1) is 11.6 Å². The van der Waals surface area contributed by atoms with Crippen molar-refractivity contribution in [3.63, 3.8) is 0 Å². The van der Waals surface area contributed by atoms with Crippen molar-refractivity contribution in [3.8, 4) is 73.6 Å². The summed E-state index contributed by atoms with van der Waals surface area (Å²) in [6, 6.07) is 53.0. The van der Waals surface area contributed by atoms with Crippen molar-refractivity contribution in [1.29, 1.82) is 5.26 Å². The van der Waals surface area contributed by atoms with Gasteiger partial charge in [-0.1, -0.05) is 91.0 Å². The maximum Gasteiger partial charge on any atom is 0.164 e. The summed E-state index contributed by atoms with van der Waals surface area (Å²) < 4.78 is 6.26. The highest BCUT2D eigenvalue weighted by molar-refractivity contribution is 6.06. The van der Waals surface area contributed by atoms with Gasteiger partial charge < -0.3 is 4.42 Å². The Morgan fingerprint density at radius 3 is 1.69 bits per heavy atom. The maximum atomic E-state index is 9.42. The predicted molar refractivity (Wildman–Crippen MR) is 202 cm³/mol. The Hall–Kier alpha value is -7.23. The minimum Gasteiger partial charge on any atom is -0.456 e. The lowest BCUT2D eigenvalue weighted by atomic mass is 9.95. The van der Waals surface area contributed by atoms with Crippen molar-refractivity contribution in [1.82, 2.24) is 19.9 Å². The van der Waals surface area contributed by atoms with Crippen molar-refractivity contribution in [2.75, 3.05) is 0 Å². The van der Waals surface area contributed by atoms with E-state index in [0.29, 0.717) is 28.6 Å². The van der Waals surface area contributed by atoms with E-state index in [0.717, 1.165) is 66.4 Å². The Bertz CT molecular complexity index is 2750. The molecule has 9 aromatic rings. The maximum absolute atomic E-state index is 9.42. The van der Waals surface area contributed by atoms with E-state index in [9.17, 15) is 5.26 Å². The third-order valence-electron chi connectivity index (χ3n) is 9.02. The molecule has 0 saturated carbocycles. The molecule has 0 unspecified atom stereocenters. The molecule has 6 heteroatoms. The molecule has 6 nitrogen and oxygen atoms in total. The standard InChI is InChI=1S/C45H27N5O/c46-27-29-16-18-39-40-19-17-33(26-42(40)51-41(39)21-29)36-23-37(35-15-8-20-47-28-35)25-38(24-36)45-49-43(31-11-5-2-6-12-31)48-44(50-45)34-14-7-13-32(22-34)30-9-3-1-4-10-30/h1-26,28H. The number of nitrogens with zero attached hydrogens (tertiary/aromatic N) is 5. The Kier molecular flexibility index (Phi) is 7.42. The van der Waals surface area contributed by atoms with Crippen LogP contribution in [0.3, 0.4) is 0 Å². The summed E-state index contributed by atoms with van der Waals surface area (Å²) in [7, 11) is 0. The molecule has 3 aromatic heterocycles. The monoisotopic (exact) mass is 653 g/mol. The zero-order chi connectivity index (χ0) is 34.1. The third-order valence-corrected chi connectivity index (χ3v) is 9.02. The van der Waals surface area contributed by atoms with Crippen LogP contribution in [0.4, 0.5) is 0 Å². The molecule has 238 valence electrons. The zero-order valence-electron chi connectivity index (χ0n) is 27.2. The summed E-state index contributed by atoms with van der Waals surface area (Å²) in [4.78, 5) is 19.6. The number of hydrogen-bond acceptors (Lipinski definition) is 6. The lowest BCUT2D eigenvalue weighted by molar-refractivity contribution is 0.669. The van der Waals surface area contributed by atoms with Crippen molar-refractivity contribution < 1.29 is 4.42 Å². The van der Waals surface area contributed by atoms with E-state index in [4.69, 9.17) is 19.4 Å². The molecule has 0 saturated heterocycles. The molecule has 0 spiro atoms. The highest BCUT2D eigenvalue weighted by Gasteiger charge is 2.16. The molecule has 0 aliphatic rings. The largest absolute Gasteiger partial charge is 0.456 e. The summed E-state index contributed by atoms with van der Waals surface area (Å²) in [6.45, 7) is 0. The first kappa shape index (κ1) is 29.9. The van der Waals surface area contributed by atoms with Gasteiger partial charge in [0, 0.05) is 45.4 Å². The van der Waals surface area contributed by atoms with Crippen LogP contribution in [-0.4, -0.2) is 19.9 Å². The van der Waals surface area contributed by atoms with Crippen LogP contribution in [0.5, 0.6) is 0 Å². The number of nitriles is 1. The number of fused-ring (bicyclic) bond motifs is 3. The van der Waals surface area contributed by atoms with Gasteiger partial charge >= 0.3 is 0 Å². The van der Waals surface area contributed by atoms with Crippen molar-refractivity contribution in [2.45, 2.75) is 0 Å². The number of benzene rings is 6. The van der Waals surface area contributed by atoms with Crippen LogP contribution in [0, 0.1) is 11.3 Å². The number of rotatable bonds is 6. The van der Waals surface area contributed by atoms with Crippen LogP contribution in [0.2, 0.25) is 0 Å². The lowest BCUT2D eigenvalue weighted by Gasteiger charge is -2.13. The molecule has 0 bridgehead atoms. The Balaban J connectivity index is 1.23. The van der Waals surface area contributed by atoms with Gasteiger partial charge in [-0.05, 0) is 88.5 Å². The summed E-state index contributed by atoms with van der Waals surface area (Å²) in [5.41, 5.74) is 10.8. The topological polar surface area (TPSA) is 88.5 Å². The molecule has 51 heavy (non-hydrogen) atoms. The van der Waals surface area contributed by atoms with Gasteiger partial charge in [-0.25, -0.2) is 15.0 Å². The summed E-state index contributed by atoms with van der Waals surface area (Å²) >= 11 is 0. The van der Waals surface area contributed by atoms with Crippen molar-refractivity contribution >= 4 is 21.9 Å². The zero-order valence-corrected chi connectivity index (χ0v) is 27.2. The highest BCUT2D eigenvalue weighted by atomic mass is 16.3. The summed E-state index contributed by atoms with van der Waals surface area (Å²) in [5.74, 6) is 1.74. The first-order chi connectivity index (χ1) is 25.2. The molecular weight excluding hydrogens is 627 g/mol. The van der Waals surface area contributed by atoms with E-state index in [-0.39, 0.29) is 0 Å². The van der Waals surface area contributed by atoms with E-state index in [1.54, 1.807) is 12.3 Å². The van der Waals surface area contributed by atoms with Crippen LogP contribution in [0.25, 0.3) is 89.5 Å². The SMILES string of the molecule is N#Cc1ccc2c(c1)oc1cc(-c3cc(-c4cccnc4)cc(-c4nc(-c5ccccc5)nc(-c5cccc(-c6ccccc6)c5)n4)c3)ccc12. The quantitative estimate of drug-likeness (QED) is 0.177. The van der Waals surface area contributed by atoms with Crippen LogP contribution in [-0.2, 0) is 0 Å². The molecule has 6 aromatic carbocycles. The Morgan fingerprint density at radius 2 is 0.961 bits per heavy atom. The molecule has 0 amide bonds. The molecule has 0 aliphatic heterocycles. The predicted octanol–water partition coefficient (Wildman–Crippen LogP) is 11.0. The molecule has 0 N–H and O–H groups in total. The smallest absolute Gasteiger partial charge is 0.164 e. The summed E-state index contributed by atoms with van der Waals surface area (Å²) in [5, 5.41) is 11.4. The average Bonchev–Trinajstić information content (AvgIpc) is 3.58. The van der Waals surface area contributed by atoms with E-state index in [1.165, 1.54) is 0 Å². The molecular formula is C45H27N5O. The highest BCUT2D eigenvalue weighted by Crippen LogP contribution is 2.37. The lowest BCUT2D eigenvalue weighted by Crippen LogP contribution is -2.00. The van der Waals surface area contributed by atoms with Gasteiger partial charge in [0.1, 0.15) is 11.2 Å². The molecule has 9 rings (SSSR count). The molecule has 0 radical (unpaired) electrons. The second kappa shape index (κ2) is 12.7. The van der Waals surface area contributed by atoms with Gasteiger partial charge in [-0.3, -0.25) is 4.98 Å². The first-order valence-electron chi connectivity index (χ1n) is 16.6. The van der Waals surface area contributed by atoms with Gasteiger partial charge in [0.15, 0.2) is 17.5 Å². The van der Waals surface area contributed by atoms with Crippen LogP contribution in [0.1, 0.15) is 5.56 Å². The Morgan fingerprint density at radius 1 is 0.412 bits per heavy atom. The fourth-order valence-corrected chi connectivity index (χ4v) is 6.47. The minimum atomic E-state index is 0.560. The normalized spacial score (nSPS) is 11.1. The van der Waals surface area contributed by atoms with Gasteiger partial charge in [0.25, 0.3) is 0 Å². The molecule has 3 heterocycles. The number of furan rings is 1. The van der Waals surface area contributed by atoms with Gasteiger partial charge in [-0.15, -0.1) is 0 Å². The first-order valence-corrected chi connectivity index (χ1v) is 16.6. The van der Waals surface area contributed by atoms with E-state index < -0.39 is 0 Å². The molecule has 0 aliphatic carbocycles. The van der Waals surface area contributed by atoms with E-state index in [2.05, 4.69) is 77.8 Å². The Labute approximate surface area is 294 Å². The fourth-order valence-electron chi connectivity index (χ4n) is 6.47. The van der Waals surface area contributed by atoms with Crippen LogP contribution >= 0.6 is 0 Å². The molecule has 0 atom stereocenters. The third kappa shape index (κ3) is 5.79. The summed E-state index contributed by atoms with van der Waals surface area (Å²) in [6.07, 6.45) is 3.64. The second-order valence-corrected chi connectivity index (χ2v) is 12.3. The fraction of sp³-hybridized carbons (Fsp3) is 0. The van der Waals surface area contributed by atoms with E-state index in [1.807, 2.05) is 85.1 Å². The van der Waals surface area contributed by atoms with Gasteiger partial charge in [-0.2, -0.15) is 5.26 Å². The van der Waals surface area contributed by atoms with Crippen molar-refractivity contribution in [2.24, 2.45) is 0 Å². The van der Waals surface area contributed by atoms with E-state index >= 15 is 0 Å². The minimum absolute atomic E-state index is 0.560. The second-order valence-electron chi connectivity index (χ2n) is 12.3. The van der Waals surface area contributed by atoms with Gasteiger partial charge in [0.2, 0.25) is 0 Å². The number of hydrogen-bond donors (Lipinski definition) is 0. The van der Waals surface area contributed by atoms with Crippen molar-refractivity contribution in [3.05, 3.63) is 170 Å². The number of pyridine rings is 1.